The van der Waals surface area contributed by atoms with Gasteiger partial charge in [0.2, 0.25) is 0 Å². The van der Waals surface area contributed by atoms with E-state index in [4.69, 9.17) is 15.0 Å². The Labute approximate surface area is 331 Å². The van der Waals surface area contributed by atoms with Crippen molar-refractivity contribution in [2.45, 2.75) is 0 Å². The molecule has 0 aliphatic rings. The van der Waals surface area contributed by atoms with Gasteiger partial charge in [0.1, 0.15) is 10.0 Å². The summed E-state index contributed by atoms with van der Waals surface area (Å²) in [5.74, 6) is 0. The molecule has 0 saturated carbocycles. The molecule has 8 aromatic carbocycles. The van der Waals surface area contributed by atoms with E-state index in [1.807, 2.05) is 12.1 Å². The molecule has 0 radical (unpaired) electrons. The number of hydrogen-bond donors (Lipinski definition) is 0. The molecule has 0 bridgehead atoms. The fourth-order valence-corrected chi connectivity index (χ4v) is 9.62. The maximum absolute atomic E-state index is 5.73. The quantitative estimate of drug-likeness (QED) is 0.170. The molecule has 5 heteroatoms. The van der Waals surface area contributed by atoms with Crippen LogP contribution in [0.3, 0.4) is 0 Å². The van der Waals surface area contributed by atoms with Gasteiger partial charge in [-0.3, -0.25) is 0 Å². The van der Waals surface area contributed by atoms with Crippen molar-refractivity contribution in [3.05, 3.63) is 188 Å². The lowest BCUT2D eigenvalue weighted by Crippen LogP contribution is -1.97. The van der Waals surface area contributed by atoms with Gasteiger partial charge >= 0.3 is 0 Å². The van der Waals surface area contributed by atoms with Crippen molar-refractivity contribution < 1.29 is 0 Å². The number of thiazole rings is 2. The van der Waals surface area contributed by atoms with Crippen LogP contribution in [0.2, 0.25) is 0 Å². The zero-order chi connectivity index (χ0) is 37.0. The van der Waals surface area contributed by atoms with Crippen LogP contribution < -0.4 is 0 Å². The fraction of sp³-hybridized carbons (Fsp3) is 0. The molecule has 11 aromatic rings. The van der Waals surface area contributed by atoms with Gasteiger partial charge in [-0.1, -0.05) is 133 Å². The van der Waals surface area contributed by atoms with Crippen molar-refractivity contribution in [2.24, 2.45) is 0 Å². The molecule has 262 valence electrons. The van der Waals surface area contributed by atoms with Gasteiger partial charge in [0.05, 0.1) is 31.8 Å². The number of nitrogens with zero attached hydrogens (tertiary/aromatic N) is 3. The molecule has 0 atom stereocenters. The van der Waals surface area contributed by atoms with E-state index in [2.05, 4.69) is 176 Å². The van der Waals surface area contributed by atoms with E-state index in [9.17, 15) is 0 Å². The topological polar surface area (TPSA) is 38.7 Å². The van der Waals surface area contributed by atoms with E-state index in [-0.39, 0.29) is 0 Å². The predicted molar refractivity (Wildman–Crippen MR) is 238 cm³/mol. The summed E-state index contributed by atoms with van der Waals surface area (Å²) in [7, 11) is 0. The summed E-state index contributed by atoms with van der Waals surface area (Å²) in [6.45, 7) is 0. The monoisotopic (exact) mass is 749 g/mol. The Balaban J connectivity index is 1.17. The Morgan fingerprint density at radius 1 is 0.286 bits per heavy atom. The molecule has 11 rings (SSSR count). The molecule has 0 fully saturated rings. The largest absolute Gasteiger partial charge is 0.246 e. The van der Waals surface area contributed by atoms with E-state index in [1.54, 1.807) is 22.7 Å². The van der Waals surface area contributed by atoms with Crippen LogP contribution in [0.25, 0.3) is 108 Å². The van der Waals surface area contributed by atoms with Crippen LogP contribution >= 0.6 is 22.7 Å². The van der Waals surface area contributed by atoms with Gasteiger partial charge in [0.25, 0.3) is 0 Å². The van der Waals surface area contributed by atoms with Crippen LogP contribution in [0.5, 0.6) is 0 Å². The van der Waals surface area contributed by atoms with Crippen LogP contribution in [0.15, 0.2) is 188 Å². The fourth-order valence-electron chi connectivity index (χ4n) is 7.70. The number of benzene rings is 8. The summed E-state index contributed by atoms with van der Waals surface area (Å²) in [5.41, 5.74) is 12.5. The number of fused-ring (bicyclic) bond motifs is 4. The minimum absolute atomic E-state index is 0.937. The first-order chi connectivity index (χ1) is 27.7. The van der Waals surface area contributed by atoms with Crippen LogP contribution in [0, 0.1) is 0 Å². The first-order valence-electron chi connectivity index (χ1n) is 18.7. The number of hydrogen-bond acceptors (Lipinski definition) is 5. The minimum Gasteiger partial charge on any atom is -0.246 e. The maximum atomic E-state index is 5.73. The lowest BCUT2D eigenvalue weighted by Gasteiger charge is -2.18. The smallest absolute Gasteiger partial charge is 0.124 e. The average molecular weight is 750 g/mol. The lowest BCUT2D eigenvalue weighted by atomic mass is 9.90. The number of para-hydroxylation sites is 2. The molecule has 0 amide bonds. The highest BCUT2D eigenvalue weighted by atomic mass is 32.1. The van der Waals surface area contributed by atoms with Gasteiger partial charge in [-0.2, -0.15) is 0 Å². The standard InChI is InChI=1S/C51H31N3S2/c1-3-13-34-27-38(25-23-32(34)11-1)48-42(36-15-9-17-40(29-36)50-52-44-19-5-7-21-46(44)55-50)31-43(49(54-48)39-26-24-33-12-2-4-14-35(33)28-39)37-16-10-18-41(30-37)51-53-45-20-6-8-22-47(45)56-51/h1-31H. The van der Waals surface area contributed by atoms with Crippen molar-refractivity contribution in [1.29, 1.82) is 0 Å². The summed E-state index contributed by atoms with van der Waals surface area (Å²) in [6, 6.07) is 67.1. The van der Waals surface area contributed by atoms with Crippen LogP contribution in [0.4, 0.5) is 0 Å². The summed E-state index contributed by atoms with van der Waals surface area (Å²) < 4.78 is 2.36. The summed E-state index contributed by atoms with van der Waals surface area (Å²) in [6.07, 6.45) is 0. The van der Waals surface area contributed by atoms with Gasteiger partial charge in [-0.25, -0.2) is 15.0 Å². The Morgan fingerprint density at radius 3 is 1.20 bits per heavy atom. The van der Waals surface area contributed by atoms with E-state index in [0.29, 0.717) is 0 Å². The Kier molecular flexibility index (Phi) is 7.87. The van der Waals surface area contributed by atoms with Crippen LogP contribution in [-0.2, 0) is 0 Å². The van der Waals surface area contributed by atoms with Gasteiger partial charge in [0, 0.05) is 33.4 Å². The Hall–Kier alpha value is -6.79. The third-order valence-corrected chi connectivity index (χ3v) is 12.7. The van der Waals surface area contributed by atoms with Crippen LogP contribution in [0.1, 0.15) is 0 Å². The third kappa shape index (κ3) is 5.86. The van der Waals surface area contributed by atoms with Gasteiger partial charge in [-0.05, 0) is 87.3 Å². The molecular formula is C51H31N3S2. The van der Waals surface area contributed by atoms with Crippen molar-refractivity contribution in [3.63, 3.8) is 0 Å². The molecule has 0 N–H and O–H groups in total. The zero-order valence-corrected chi connectivity index (χ0v) is 31.7. The molecule has 0 aliphatic heterocycles. The van der Waals surface area contributed by atoms with Crippen molar-refractivity contribution >= 4 is 64.7 Å². The second-order valence-corrected chi connectivity index (χ2v) is 16.1. The van der Waals surface area contributed by atoms with E-state index in [1.165, 1.54) is 30.9 Å². The first kappa shape index (κ1) is 32.6. The second-order valence-electron chi connectivity index (χ2n) is 14.0. The summed E-state index contributed by atoms with van der Waals surface area (Å²) in [4.78, 5) is 15.8. The van der Waals surface area contributed by atoms with E-state index in [0.717, 1.165) is 76.9 Å². The third-order valence-electron chi connectivity index (χ3n) is 10.5. The highest BCUT2D eigenvalue weighted by Crippen LogP contribution is 2.43. The average Bonchev–Trinajstić information content (AvgIpc) is 3.91. The highest BCUT2D eigenvalue weighted by Gasteiger charge is 2.20. The molecular weight excluding hydrogens is 719 g/mol. The number of rotatable bonds is 6. The number of pyridine rings is 1. The predicted octanol–water partition coefficient (Wildman–Crippen LogP) is 14.6. The molecule has 3 nitrogen and oxygen atoms in total. The van der Waals surface area contributed by atoms with E-state index >= 15 is 0 Å². The first-order valence-corrected chi connectivity index (χ1v) is 20.3. The van der Waals surface area contributed by atoms with Crippen LogP contribution in [-0.4, -0.2) is 15.0 Å². The number of aromatic nitrogens is 3. The minimum atomic E-state index is 0.937. The highest BCUT2D eigenvalue weighted by molar-refractivity contribution is 7.22. The molecule has 3 heterocycles. The van der Waals surface area contributed by atoms with Gasteiger partial charge in [-0.15, -0.1) is 22.7 Å². The second kappa shape index (κ2) is 13.5. The van der Waals surface area contributed by atoms with Crippen molar-refractivity contribution in [1.82, 2.24) is 15.0 Å². The normalized spacial score (nSPS) is 11.6. The molecule has 3 aromatic heterocycles. The SMILES string of the molecule is c1cc(-c2nc3ccccc3s2)cc(-c2cc(-c3cccc(-c4nc5ccccc5s4)c3)c(-c3ccc4ccccc4c3)nc2-c2ccc3ccccc3c2)c1. The summed E-state index contributed by atoms with van der Waals surface area (Å²) in [5, 5.41) is 6.78. The molecule has 0 unspecified atom stereocenters. The van der Waals surface area contributed by atoms with Gasteiger partial charge < -0.3 is 0 Å². The van der Waals surface area contributed by atoms with Gasteiger partial charge in [0.15, 0.2) is 0 Å². The Bertz CT molecular complexity index is 3000. The van der Waals surface area contributed by atoms with Crippen molar-refractivity contribution in [3.8, 4) is 65.9 Å². The molecule has 0 aliphatic carbocycles. The van der Waals surface area contributed by atoms with Crippen molar-refractivity contribution in [2.75, 3.05) is 0 Å². The Morgan fingerprint density at radius 2 is 0.714 bits per heavy atom. The zero-order valence-electron chi connectivity index (χ0n) is 30.1. The molecule has 0 saturated heterocycles. The maximum Gasteiger partial charge on any atom is 0.124 e. The molecule has 0 spiro atoms. The lowest BCUT2D eigenvalue weighted by molar-refractivity contribution is 1.32. The molecule has 56 heavy (non-hydrogen) atoms. The van der Waals surface area contributed by atoms with E-state index < -0.39 is 0 Å². The summed E-state index contributed by atoms with van der Waals surface area (Å²) >= 11 is 3.45.